The van der Waals surface area contributed by atoms with Crippen LogP contribution >= 0.6 is 11.3 Å². The number of rotatable bonds is 7. The van der Waals surface area contributed by atoms with Gasteiger partial charge in [-0.25, -0.2) is 0 Å². The fourth-order valence-corrected chi connectivity index (χ4v) is 4.21. The number of hydrogen-bond acceptors (Lipinski definition) is 3. The first-order chi connectivity index (χ1) is 12.7. The SMILES string of the molecule is CN=C(NCCC1CCN(CC(F)(F)F)CC1)NCC(C)(C)c1cccs1. The quantitative estimate of drug-likeness (QED) is 0.536. The summed E-state index contributed by atoms with van der Waals surface area (Å²) in [6.45, 7) is 6.25. The largest absolute Gasteiger partial charge is 0.401 e. The number of guanidine groups is 1. The van der Waals surface area contributed by atoms with Gasteiger partial charge in [0.1, 0.15) is 0 Å². The summed E-state index contributed by atoms with van der Waals surface area (Å²) in [4.78, 5) is 7.11. The monoisotopic (exact) mass is 404 g/mol. The third-order valence-electron chi connectivity index (χ3n) is 5.06. The Labute approximate surface area is 164 Å². The van der Waals surface area contributed by atoms with E-state index in [9.17, 15) is 13.2 Å². The van der Waals surface area contributed by atoms with E-state index in [-0.39, 0.29) is 5.41 Å². The van der Waals surface area contributed by atoms with Crippen molar-refractivity contribution in [3.63, 3.8) is 0 Å². The van der Waals surface area contributed by atoms with Gasteiger partial charge in [-0.2, -0.15) is 13.2 Å². The van der Waals surface area contributed by atoms with Crippen molar-refractivity contribution in [2.45, 2.75) is 44.7 Å². The molecule has 0 atom stereocenters. The van der Waals surface area contributed by atoms with Gasteiger partial charge in [0.25, 0.3) is 0 Å². The lowest BCUT2D eigenvalue weighted by Crippen LogP contribution is -2.44. The van der Waals surface area contributed by atoms with Crippen molar-refractivity contribution in [2.24, 2.45) is 10.9 Å². The second kappa shape index (κ2) is 9.78. The first-order valence-electron chi connectivity index (χ1n) is 9.47. The van der Waals surface area contributed by atoms with Crippen LogP contribution in [0.1, 0.15) is 38.0 Å². The summed E-state index contributed by atoms with van der Waals surface area (Å²) >= 11 is 1.75. The molecule has 8 heteroatoms. The smallest absolute Gasteiger partial charge is 0.356 e. The van der Waals surface area contributed by atoms with E-state index in [2.05, 4.69) is 47.0 Å². The molecule has 1 fully saturated rings. The molecule has 1 aliphatic rings. The molecule has 0 spiro atoms. The minimum absolute atomic E-state index is 0.0249. The van der Waals surface area contributed by atoms with E-state index in [1.807, 2.05) is 0 Å². The molecule has 1 saturated heterocycles. The Balaban J connectivity index is 1.66. The van der Waals surface area contributed by atoms with Gasteiger partial charge in [0.15, 0.2) is 5.96 Å². The highest BCUT2D eigenvalue weighted by Crippen LogP contribution is 2.26. The van der Waals surface area contributed by atoms with Crippen LogP contribution in [0.5, 0.6) is 0 Å². The number of nitrogens with zero attached hydrogens (tertiary/aromatic N) is 2. The second-order valence-electron chi connectivity index (χ2n) is 7.84. The molecule has 0 aromatic carbocycles. The molecule has 2 heterocycles. The number of hydrogen-bond donors (Lipinski definition) is 2. The van der Waals surface area contributed by atoms with Crippen LogP contribution in [0, 0.1) is 5.92 Å². The summed E-state index contributed by atoms with van der Waals surface area (Å²) in [5, 5.41) is 8.80. The Hall–Kier alpha value is -1.28. The highest BCUT2D eigenvalue weighted by molar-refractivity contribution is 7.10. The minimum Gasteiger partial charge on any atom is -0.356 e. The molecule has 0 radical (unpaired) electrons. The Morgan fingerprint density at radius 2 is 1.96 bits per heavy atom. The zero-order chi connectivity index (χ0) is 19.9. The molecule has 1 aromatic heterocycles. The average molecular weight is 405 g/mol. The van der Waals surface area contributed by atoms with Crippen LogP contribution in [0.4, 0.5) is 13.2 Å². The average Bonchev–Trinajstić information content (AvgIpc) is 3.13. The van der Waals surface area contributed by atoms with Crippen molar-refractivity contribution in [2.75, 3.05) is 39.8 Å². The normalized spacial score (nSPS) is 17.9. The van der Waals surface area contributed by atoms with Crippen molar-refractivity contribution >= 4 is 17.3 Å². The molecule has 0 amide bonds. The lowest BCUT2D eigenvalue weighted by molar-refractivity contribution is -0.148. The fourth-order valence-electron chi connectivity index (χ4n) is 3.36. The molecule has 2 rings (SSSR count). The summed E-state index contributed by atoms with van der Waals surface area (Å²) in [6.07, 6.45) is -1.48. The van der Waals surface area contributed by atoms with Crippen molar-refractivity contribution in [1.82, 2.24) is 15.5 Å². The summed E-state index contributed by atoms with van der Waals surface area (Å²) in [5.41, 5.74) is 0.0249. The van der Waals surface area contributed by atoms with Gasteiger partial charge in [-0.05, 0) is 49.7 Å². The van der Waals surface area contributed by atoms with Crippen LogP contribution in [0.2, 0.25) is 0 Å². The number of aliphatic imine (C=N–C) groups is 1. The maximum atomic E-state index is 12.4. The minimum atomic E-state index is -4.09. The summed E-state index contributed by atoms with van der Waals surface area (Å²) in [5.74, 6) is 1.25. The van der Waals surface area contributed by atoms with Crippen LogP contribution in [0.25, 0.3) is 0 Å². The Morgan fingerprint density at radius 1 is 1.26 bits per heavy atom. The Morgan fingerprint density at radius 3 is 2.52 bits per heavy atom. The molecular weight excluding hydrogens is 373 g/mol. The van der Waals surface area contributed by atoms with Crippen LogP contribution in [-0.4, -0.2) is 56.8 Å². The molecule has 0 unspecified atom stereocenters. The molecule has 2 N–H and O–H groups in total. The summed E-state index contributed by atoms with van der Waals surface area (Å²) in [7, 11) is 1.75. The van der Waals surface area contributed by atoms with Crippen molar-refractivity contribution in [1.29, 1.82) is 0 Å². The van der Waals surface area contributed by atoms with Crippen LogP contribution in [0.3, 0.4) is 0 Å². The molecular formula is C19H31F3N4S. The van der Waals surface area contributed by atoms with Crippen LogP contribution in [0.15, 0.2) is 22.5 Å². The number of alkyl halides is 3. The topological polar surface area (TPSA) is 39.7 Å². The molecule has 4 nitrogen and oxygen atoms in total. The lowest BCUT2D eigenvalue weighted by atomic mass is 9.91. The van der Waals surface area contributed by atoms with E-state index in [0.29, 0.717) is 19.0 Å². The second-order valence-corrected chi connectivity index (χ2v) is 8.78. The van der Waals surface area contributed by atoms with E-state index >= 15 is 0 Å². The van der Waals surface area contributed by atoms with Gasteiger partial charge in [0.05, 0.1) is 6.54 Å². The fraction of sp³-hybridized carbons (Fsp3) is 0.737. The maximum absolute atomic E-state index is 12.4. The highest BCUT2D eigenvalue weighted by Gasteiger charge is 2.32. The van der Waals surface area contributed by atoms with E-state index in [1.165, 1.54) is 9.78 Å². The van der Waals surface area contributed by atoms with E-state index < -0.39 is 12.7 Å². The lowest BCUT2D eigenvalue weighted by Gasteiger charge is -2.32. The van der Waals surface area contributed by atoms with Gasteiger partial charge in [0.2, 0.25) is 0 Å². The molecule has 0 saturated carbocycles. The van der Waals surface area contributed by atoms with Crippen molar-refractivity contribution in [3.05, 3.63) is 22.4 Å². The van der Waals surface area contributed by atoms with E-state index in [0.717, 1.165) is 38.3 Å². The zero-order valence-electron chi connectivity index (χ0n) is 16.4. The third kappa shape index (κ3) is 7.70. The molecule has 0 aliphatic carbocycles. The first kappa shape index (κ1) is 22.0. The first-order valence-corrected chi connectivity index (χ1v) is 10.4. The maximum Gasteiger partial charge on any atom is 0.401 e. The summed E-state index contributed by atoms with van der Waals surface area (Å²) in [6, 6.07) is 4.21. The van der Waals surface area contributed by atoms with Gasteiger partial charge in [-0.3, -0.25) is 9.89 Å². The van der Waals surface area contributed by atoms with E-state index in [1.54, 1.807) is 18.4 Å². The van der Waals surface area contributed by atoms with Crippen molar-refractivity contribution in [3.8, 4) is 0 Å². The zero-order valence-corrected chi connectivity index (χ0v) is 17.2. The van der Waals surface area contributed by atoms with Gasteiger partial charge in [-0.15, -0.1) is 11.3 Å². The van der Waals surface area contributed by atoms with Crippen LogP contribution in [-0.2, 0) is 5.41 Å². The molecule has 154 valence electrons. The Kier molecular flexibility index (Phi) is 7.97. The molecule has 1 aliphatic heterocycles. The molecule has 27 heavy (non-hydrogen) atoms. The number of halogens is 3. The van der Waals surface area contributed by atoms with Crippen LogP contribution < -0.4 is 10.6 Å². The number of likely N-dealkylation sites (tertiary alicyclic amines) is 1. The van der Waals surface area contributed by atoms with Crippen molar-refractivity contribution < 1.29 is 13.2 Å². The van der Waals surface area contributed by atoms with Gasteiger partial charge in [-0.1, -0.05) is 19.9 Å². The number of nitrogens with one attached hydrogen (secondary N) is 2. The predicted octanol–water partition coefficient (Wildman–Crippen LogP) is 3.86. The van der Waals surface area contributed by atoms with Gasteiger partial charge in [0, 0.05) is 30.4 Å². The standard InChI is InChI=1S/C19H31F3N4S/c1-18(2,16-5-4-12-27-16)13-25-17(23-3)24-9-6-15-7-10-26(11-8-15)14-19(20,21)22/h4-5,12,15H,6-11,13-14H2,1-3H3,(H2,23,24,25). The predicted molar refractivity (Wildman–Crippen MR) is 107 cm³/mol. The van der Waals surface area contributed by atoms with E-state index in [4.69, 9.17) is 0 Å². The van der Waals surface area contributed by atoms with Gasteiger partial charge < -0.3 is 10.6 Å². The summed E-state index contributed by atoms with van der Waals surface area (Å²) < 4.78 is 37.3. The highest BCUT2D eigenvalue weighted by atomic mass is 32.1. The third-order valence-corrected chi connectivity index (χ3v) is 6.30. The molecule has 0 bridgehead atoms. The molecule has 1 aromatic rings. The van der Waals surface area contributed by atoms with Gasteiger partial charge >= 0.3 is 6.18 Å². The number of piperidine rings is 1. The Bertz CT molecular complexity index is 576. The number of thiophene rings is 1.